The summed E-state index contributed by atoms with van der Waals surface area (Å²) in [5, 5.41) is 0. The Labute approximate surface area is 86.5 Å². The van der Waals surface area contributed by atoms with Crippen molar-refractivity contribution in [2.75, 3.05) is 12.3 Å². The van der Waals surface area contributed by atoms with Crippen molar-refractivity contribution in [1.82, 2.24) is 4.31 Å². The third-order valence-corrected chi connectivity index (χ3v) is 5.57. The standard InChI is InChI=1S/C10H19NO2S/c1-2-7-14(12,13)11-8-9-3-5-10(11)6-4-9/h9-10H,2-8H2,1H3. The Morgan fingerprint density at radius 2 is 1.86 bits per heavy atom. The third kappa shape index (κ3) is 1.82. The zero-order chi connectivity index (χ0) is 10.2. The highest BCUT2D eigenvalue weighted by atomic mass is 32.2. The minimum absolute atomic E-state index is 0.330. The van der Waals surface area contributed by atoms with Crippen molar-refractivity contribution < 1.29 is 8.42 Å². The highest BCUT2D eigenvalue weighted by Gasteiger charge is 2.39. The second-order valence-electron chi connectivity index (χ2n) is 4.56. The van der Waals surface area contributed by atoms with Crippen molar-refractivity contribution in [3.05, 3.63) is 0 Å². The van der Waals surface area contributed by atoms with E-state index in [0.717, 1.165) is 25.8 Å². The molecule has 3 fully saturated rings. The average Bonchev–Trinajstić information content (AvgIpc) is 2.19. The molecule has 3 nitrogen and oxygen atoms in total. The summed E-state index contributed by atoms with van der Waals surface area (Å²) < 4.78 is 25.6. The molecule has 2 heterocycles. The normalized spacial score (nSPS) is 33.5. The van der Waals surface area contributed by atoms with Crippen molar-refractivity contribution in [3.63, 3.8) is 0 Å². The molecular formula is C10H19NO2S. The van der Waals surface area contributed by atoms with Crippen LogP contribution >= 0.6 is 0 Å². The van der Waals surface area contributed by atoms with Crippen LogP contribution in [0.2, 0.25) is 0 Å². The van der Waals surface area contributed by atoms with Crippen LogP contribution in [0.15, 0.2) is 0 Å². The van der Waals surface area contributed by atoms with E-state index in [1.807, 2.05) is 6.92 Å². The number of piperidine rings is 2. The lowest BCUT2D eigenvalue weighted by Crippen LogP contribution is -2.51. The minimum Gasteiger partial charge on any atom is -0.212 e. The molecule has 3 rings (SSSR count). The molecule has 2 aliphatic heterocycles. The Bertz CT molecular complexity index is 291. The zero-order valence-corrected chi connectivity index (χ0v) is 9.59. The molecule has 0 radical (unpaired) electrons. The Balaban J connectivity index is 2.11. The maximum absolute atomic E-state index is 11.9. The van der Waals surface area contributed by atoms with Gasteiger partial charge < -0.3 is 0 Å². The number of rotatable bonds is 3. The van der Waals surface area contributed by atoms with Gasteiger partial charge in [-0.3, -0.25) is 0 Å². The molecule has 0 N–H and O–H groups in total. The van der Waals surface area contributed by atoms with E-state index in [1.54, 1.807) is 4.31 Å². The summed E-state index contributed by atoms with van der Waals surface area (Å²) in [5.74, 6) is 0.975. The molecule has 0 amide bonds. The van der Waals surface area contributed by atoms with Crippen molar-refractivity contribution in [1.29, 1.82) is 0 Å². The highest BCUT2D eigenvalue weighted by Crippen LogP contribution is 2.36. The molecule has 0 unspecified atom stereocenters. The fourth-order valence-electron chi connectivity index (χ4n) is 2.73. The summed E-state index contributed by atoms with van der Waals surface area (Å²) in [6.07, 6.45) is 5.39. The molecule has 0 spiro atoms. The van der Waals surface area contributed by atoms with Gasteiger partial charge >= 0.3 is 0 Å². The second-order valence-corrected chi connectivity index (χ2v) is 6.60. The van der Waals surface area contributed by atoms with Gasteiger partial charge in [0.1, 0.15) is 0 Å². The van der Waals surface area contributed by atoms with Crippen LogP contribution in [0.1, 0.15) is 39.0 Å². The lowest BCUT2D eigenvalue weighted by Gasteiger charge is -2.44. The first-order chi connectivity index (χ1) is 6.63. The van der Waals surface area contributed by atoms with Crippen molar-refractivity contribution in [3.8, 4) is 0 Å². The molecule has 1 aliphatic carbocycles. The van der Waals surface area contributed by atoms with Crippen LogP contribution in [0.4, 0.5) is 0 Å². The number of nitrogens with zero attached hydrogens (tertiary/aromatic N) is 1. The fourth-order valence-corrected chi connectivity index (χ4v) is 4.59. The maximum atomic E-state index is 11.9. The minimum atomic E-state index is -2.93. The molecule has 0 aromatic heterocycles. The smallest absolute Gasteiger partial charge is 0.212 e. The SMILES string of the molecule is CCCS(=O)(=O)N1CC2CCC1CC2. The molecule has 0 aromatic rings. The van der Waals surface area contributed by atoms with Crippen LogP contribution in [-0.4, -0.2) is 31.1 Å². The first-order valence-electron chi connectivity index (χ1n) is 5.63. The average molecular weight is 217 g/mol. The third-order valence-electron chi connectivity index (χ3n) is 3.48. The van der Waals surface area contributed by atoms with Crippen LogP contribution in [0.3, 0.4) is 0 Å². The lowest BCUT2D eigenvalue weighted by molar-refractivity contribution is 0.120. The fraction of sp³-hybridized carbons (Fsp3) is 1.00. The van der Waals surface area contributed by atoms with E-state index in [1.165, 1.54) is 12.8 Å². The second kappa shape index (κ2) is 3.81. The topological polar surface area (TPSA) is 37.4 Å². The van der Waals surface area contributed by atoms with Gasteiger partial charge in [-0.05, 0) is 38.0 Å². The molecule has 82 valence electrons. The molecule has 4 heteroatoms. The molecule has 2 bridgehead atoms. The first kappa shape index (κ1) is 10.4. The van der Waals surface area contributed by atoms with Gasteiger partial charge in [0, 0.05) is 12.6 Å². The van der Waals surface area contributed by atoms with Gasteiger partial charge in [-0.25, -0.2) is 8.42 Å². The van der Waals surface area contributed by atoms with Gasteiger partial charge in [-0.15, -0.1) is 0 Å². The van der Waals surface area contributed by atoms with Crippen LogP contribution < -0.4 is 0 Å². The number of hydrogen-bond acceptors (Lipinski definition) is 2. The Morgan fingerprint density at radius 1 is 1.21 bits per heavy atom. The molecule has 14 heavy (non-hydrogen) atoms. The molecule has 3 aliphatic rings. The van der Waals surface area contributed by atoms with Crippen LogP contribution in [0, 0.1) is 5.92 Å². The Morgan fingerprint density at radius 3 is 2.29 bits per heavy atom. The molecule has 1 saturated carbocycles. The Kier molecular flexibility index (Phi) is 2.84. The van der Waals surface area contributed by atoms with E-state index < -0.39 is 10.0 Å². The summed E-state index contributed by atoms with van der Waals surface area (Å²) in [6, 6.07) is 0.330. The first-order valence-corrected chi connectivity index (χ1v) is 7.24. The number of sulfonamides is 1. The summed E-state index contributed by atoms with van der Waals surface area (Å²) in [6.45, 7) is 2.73. The highest BCUT2D eigenvalue weighted by molar-refractivity contribution is 7.89. The van der Waals surface area contributed by atoms with Crippen LogP contribution in [0.25, 0.3) is 0 Å². The van der Waals surface area contributed by atoms with Gasteiger partial charge in [0.25, 0.3) is 0 Å². The van der Waals surface area contributed by atoms with Gasteiger partial charge in [0.15, 0.2) is 0 Å². The van der Waals surface area contributed by atoms with Crippen molar-refractivity contribution in [2.24, 2.45) is 5.92 Å². The van der Waals surface area contributed by atoms with E-state index in [0.29, 0.717) is 17.7 Å². The summed E-state index contributed by atoms with van der Waals surface area (Å²) in [4.78, 5) is 0. The van der Waals surface area contributed by atoms with E-state index in [4.69, 9.17) is 0 Å². The monoisotopic (exact) mass is 217 g/mol. The van der Waals surface area contributed by atoms with Crippen molar-refractivity contribution >= 4 is 10.0 Å². The van der Waals surface area contributed by atoms with E-state index in [9.17, 15) is 8.42 Å². The summed E-state index contributed by atoms with van der Waals surface area (Å²) >= 11 is 0. The summed E-state index contributed by atoms with van der Waals surface area (Å²) in [7, 11) is -2.93. The van der Waals surface area contributed by atoms with Gasteiger partial charge in [-0.1, -0.05) is 6.92 Å². The predicted octanol–water partition coefficient (Wildman–Crippen LogP) is 1.60. The number of hydrogen-bond donors (Lipinski definition) is 0. The predicted molar refractivity (Wildman–Crippen MR) is 56.5 cm³/mol. The van der Waals surface area contributed by atoms with Gasteiger partial charge in [-0.2, -0.15) is 4.31 Å². The molecule has 2 saturated heterocycles. The molecule has 0 aromatic carbocycles. The van der Waals surface area contributed by atoms with Gasteiger partial charge in [0.05, 0.1) is 5.75 Å². The van der Waals surface area contributed by atoms with Crippen LogP contribution in [0.5, 0.6) is 0 Å². The number of fused-ring (bicyclic) bond motifs is 3. The lowest BCUT2D eigenvalue weighted by atomic mass is 9.82. The largest absolute Gasteiger partial charge is 0.214 e. The van der Waals surface area contributed by atoms with E-state index in [2.05, 4.69) is 0 Å². The van der Waals surface area contributed by atoms with Crippen molar-refractivity contribution in [2.45, 2.75) is 45.1 Å². The van der Waals surface area contributed by atoms with E-state index in [-0.39, 0.29) is 0 Å². The molecular weight excluding hydrogens is 198 g/mol. The zero-order valence-electron chi connectivity index (χ0n) is 8.78. The summed E-state index contributed by atoms with van der Waals surface area (Å²) in [5.41, 5.74) is 0. The van der Waals surface area contributed by atoms with Gasteiger partial charge in [0.2, 0.25) is 10.0 Å². The maximum Gasteiger partial charge on any atom is 0.214 e. The quantitative estimate of drug-likeness (QED) is 0.720. The Hall–Kier alpha value is -0.0900. The molecule has 0 atom stereocenters. The van der Waals surface area contributed by atoms with Crippen LogP contribution in [-0.2, 0) is 10.0 Å². The van der Waals surface area contributed by atoms with E-state index >= 15 is 0 Å².